The predicted molar refractivity (Wildman–Crippen MR) is 140 cm³/mol. The van der Waals surface area contributed by atoms with Gasteiger partial charge < -0.3 is 10.5 Å². The molecule has 0 bridgehead atoms. The molecule has 5 aromatic rings. The summed E-state index contributed by atoms with van der Waals surface area (Å²) < 4.78 is 6.02. The normalized spacial score (nSPS) is 11.2. The maximum Gasteiger partial charge on any atom is 0.258 e. The molecule has 3 heterocycles. The van der Waals surface area contributed by atoms with Crippen LogP contribution in [0.3, 0.4) is 0 Å². The lowest BCUT2D eigenvalue weighted by atomic mass is 10.0. The zero-order valence-corrected chi connectivity index (χ0v) is 20.2. The number of pyridine rings is 2. The Hall–Kier alpha value is -4.03. The van der Waals surface area contributed by atoms with Gasteiger partial charge in [0.25, 0.3) is 5.88 Å². The smallest absolute Gasteiger partial charge is 0.258 e. The van der Waals surface area contributed by atoms with E-state index in [-0.39, 0.29) is 18.3 Å². The highest BCUT2D eigenvalue weighted by atomic mass is 35.5. The van der Waals surface area contributed by atoms with Crippen LogP contribution in [0.2, 0.25) is 5.02 Å². The fourth-order valence-electron chi connectivity index (χ4n) is 3.86. The van der Waals surface area contributed by atoms with Gasteiger partial charge in [-0.3, -0.25) is 9.97 Å². The summed E-state index contributed by atoms with van der Waals surface area (Å²) in [4.78, 5) is 18.6. The Kier molecular flexibility index (Phi) is 6.29. The Labute approximate surface area is 208 Å². The van der Waals surface area contributed by atoms with Crippen molar-refractivity contribution in [3.8, 4) is 28.4 Å². The second-order valence-electron chi connectivity index (χ2n) is 8.51. The molecule has 0 radical (unpaired) electrons. The molecule has 0 amide bonds. The molecule has 0 saturated carbocycles. The van der Waals surface area contributed by atoms with Crippen LogP contribution < -0.4 is 10.5 Å². The summed E-state index contributed by atoms with van der Waals surface area (Å²) in [5, 5.41) is 1.44. The highest BCUT2D eigenvalue weighted by Gasteiger charge is 2.18. The van der Waals surface area contributed by atoms with E-state index in [0.717, 1.165) is 33.4 Å². The third kappa shape index (κ3) is 4.79. The quantitative estimate of drug-likeness (QED) is 0.290. The molecule has 174 valence electrons. The summed E-state index contributed by atoms with van der Waals surface area (Å²) in [6, 6.07) is 23.4. The molecule has 0 unspecified atom stereocenters. The summed E-state index contributed by atoms with van der Waals surface area (Å²) >= 11 is 6.59. The van der Waals surface area contributed by atoms with Gasteiger partial charge in [0.2, 0.25) is 0 Å². The number of hydrogen-bond donors (Lipinski definition) is 1. The van der Waals surface area contributed by atoms with E-state index in [0.29, 0.717) is 22.3 Å². The van der Waals surface area contributed by atoms with Gasteiger partial charge in [0.05, 0.1) is 21.9 Å². The van der Waals surface area contributed by atoms with Crippen molar-refractivity contribution < 1.29 is 4.74 Å². The first kappa shape index (κ1) is 22.7. The number of halogens is 1. The van der Waals surface area contributed by atoms with Crippen molar-refractivity contribution in [3.05, 3.63) is 95.4 Å². The average molecular weight is 482 g/mol. The number of nitrogen functional groups attached to an aromatic ring is 1. The van der Waals surface area contributed by atoms with E-state index in [1.807, 2.05) is 72.8 Å². The zero-order chi connectivity index (χ0) is 24.4. The van der Waals surface area contributed by atoms with Crippen molar-refractivity contribution in [3.63, 3.8) is 0 Å². The number of hydrogen-bond acceptors (Lipinski definition) is 6. The van der Waals surface area contributed by atoms with Crippen LogP contribution in [0.1, 0.15) is 31.2 Å². The van der Waals surface area contributed by atoms with Gasteiger partial charge in [0.15, 0.2) is 5.82 Å². The van der Waals surface area contributed by atoms with Crippen LogP contribution >= 0.6 is 11.6 Å². The Bertz CT molecular complexity index is 1500. The largest absolute Gasteiger partial charge is 0.469 e. The Morgan fingerprint density at radius 3 is 2.46 bits per heavy atom. The lowest BCUT2D eigenvalue weighted by molar-refractivity contribution is 0.290. The van der Waals surface area contributed by atoms with Gasteiger partial charge in [-0.1, -0.05) is 67.9 Å². The molecule has 0 aliphatic heterocycles. The van der Waals surface area contributed by atoms with Crippen LogP contribution in [0, 0.1) is 0 Å². The van der Waals surface area contributed by atoms with E-state index in [9.17, 15) is 0 Å². The number of nitrogens with zero attached hydrogens (tertiary/aromatic N) is 4. The van der Waals surface area contributed by atoms with E-state index in [2.05, 4.69) is 23.8 Å². The van der Waals surface area contributed by atoms with Crippen molar-refractivity contribution >= 4 is 28.3 Å². The second-order valence-corrected chi connectivity index (χ2v) is 8.91. The van der Waals surface area contributed by atoms with Crippen LogP contribution in [0.25, 0.3) is 33.4 Å². The van der Waals surface area contributed by atoms with E-state index in [1.54, 1.807) is 6.20 Å². The molecule has 7 heteroatoms. The van der Waals surface area contributed by atoms with Crippen LogP contribution in [-0.2, 0) is 6.61 Å². The van der Waals surface area contributed by atoms with E-state index in [1.165, 1.54) is 0 Å². The number of anilines is 1. The Morgan fingerprint density at radius 1 is 0.857 bits per heavy atom. The summed E-state index contributed by atoms with van der Waals surface area (Å²) in [5.74, 6) is 0.781. The number of ether oxygens (including phenoxy) is 1. The molecular formula is C28H24ClN5O. The molecule has 0 fully saturated rings. The number of benzene rings is 2. The summed E-state index contributed by atoms with van der Waals surface area (Å²) in [6.45, 7) is 4.44. The summed E-state index contributed by atoms with van der Waals surface area (Å²) in [7, 11) is 0. The molecule has 3 aromatic heterocycles. The maximum atomic E-state index is 6.59. The van der Waals surface area contributed by atoms with Gasteiger partial charge >= 0.3 is 0 Å². The monoisotopic (exact) mass is 481 g/mol. The molecule has 5 rings (SSSR count). The van der Waals surface area contributed by atoms with Crippen LogP contribution in [-0.4, -0.2) is 19.9 Å². The molecule has 6 nitrogen and oxygen atoms in total. The highest BCUT2D eigenvalue weighted by Crippen LogP contribution is 2.36. The lowest BCUT2D eigenvalue weighted by Crippen LogP contribution is -2.07. The number of aromatic nitrogens is 4. The first-order chi connectivity index (χ1) is 17.0. The van der Waals surface area contributed by atoms with E-state index >= 15 is 0 Å². The highest BCUT2D eigenvalue weighted by molar-refractivity contribution is 6.35. The first-order valence-electron chi connectivity index (χ1n) is 11.4. The predicted octanol–water partition coefficient (Wildman–Crippen LogP) is 6.69. The lowest BCUT2D eigenvalue weighted by Gasteiger charge is -2.15. The molecule has 0 atom stereocenters. The first-order valence-corrected chi connectivity index (χ1v) is 11.7. The van der Waals surface area contributed by atoms with Crippen molar-refractivity contribution in [2.24, 2.45) is 0 Å². The van der Waals surface area contributed by atoms with Gasteiger partial charge in [0.1, 0.15) is 12.3 Å². The Morgan fingerprint density at radius 2 is 1.66 bits per heavy atom. The number of rotatable bonds is 6. The molecular weight excluding hydrogens is 458 g/mol. The van der Waals surface area contributed by atoms with Crippen molar-refractivity contribution in [1.82, 2.24) is 19.9 Å². The van der Waals surface area contributed by atoms with E-state index < -0.39 is 0 Å². The summed E-state index contributed by atoms with van der Waals surface area (Å²) in [5.41, 5.74) is 11.8. The van der Waals surface area contributed by atoms with Crippen LogP contribution in [0.15, 0.2) is 79.0 Å². The minimum absolute atomic E-state index is 0.209. The second kappa shape index (κ2) is 9.68. The zero-order valence-electron chi connectivity index (χ0n) is 19.4. The maximum absolute atomic E-state index is 6.59. The minimum atomic E-state index is 0.209. The molecule has 0 aliphatic carbocycles. The minimum Gasteiger partial charge on any atom is -0.469 e. The molecule has 35 heavy (non-hydrogen) atoms. The number of fused-ring (bicyclic) bond motifs is 1. The SMILES string of the molecule is CC(C)c1cccc(COc2nc(-c3cc(Cl)c4ncccc4c3)c(-c3ccccc3)nc2N)n1. The summed E-state index contributed by atoms with van der Waals surface area (Å²) in [6.07, 6.45) is 1.72. The van der Waals surface area contributed by atoms with Gasteiger partial charge in [0, 0.05) is 28.4 Å². The van der Waals surface area contributed by atoms with Crippen molar-refractivity contribution in [2.45, 2.75) is 26.4 Å². The van der Waals surface area contributed by atoms with E-state index in [4.69, 9.17) is 32.0 Å². The fraction of sp³-hybridized carbons (Fsp3) is 0.143. The fourth-order valence-corrected chi connectivity index (χ4v) is 4.14. The van der Waals surface area contributed by atoms with Gasteiger partial charge in [-0.2, -0.15) is 0 Å². The Balaban J connectivity index is 1.59. The molecule has 2 N–H and O–H groups in total. The van der Waals surface area contributed by atoms with Gasteiger partial charge in [-0.05, 0) is 36.2 Å². The molecule has 2 aromatic carbocycles. The molecule has 0 aliphatic rings. The standard InChI is InChI=1S/C28H24ClN5O/c1-17(2)23-12-6-11-21(32-23)16-35-28-27(30)33-25(18-8-4-3-5-9-18)26(34-28)20-14-19-10-7-13-31-24(19)22(29)15-20/h3-15,17H,16H2,1-2H3,(H2,30,33). The van der Waals surface area contributed by atoms with Gasteiger partial charge in [-0.25, -0.2) is 9.97 Å². The van der Waals surface area contributed by atoms with Crippen LogP contribution in [0.4, 0.5) is 5.82 Å². The van der Waals surface area contributed by atoms with Crippen LogP contribution in [0.5, 0.6) is 5.88 Å². The third-order valence-corrected chi connectivity index (χ3v) is 5.93. The number of nitrogens with two attached hydrogens (primary N) is 1. The van der Waals surface area contributed by atoms with Crippen molar-refractivity contribution in [1.29, 1.82) is 0 Å². The van der Waals surface area contributed by atoms with Gasteiger partial charge in [-0.15, -0.1) is 0 Å². The average Bonchev–Trinajstić information content (AvgIpc) is 2.88. The molecule has 0 saturated heterocycles. The third-order valence-electron chi connectivity index (χ3n) is 5.64. The molecule has 0 spiro atoms. The topological polar surface area (TPSA) is 86.8 Å². The van der Waals surface area contributed by atoms with Crippen molar-refractivity contribution in [2.75, 3.05) is 5.73 Å².